The fourth-order valence-corrected chi connectivity index (χ4v) is 4.13. The Labute approximate surface area is 167 Å². The lowest BCUT2D eigenvalue weighted by Crippen LogP contribution is -2.17. The van der Waals surface area contributed by atoms with Gasteiger partial charge in [-0.25, -0.2) is 8.42 Å². The van der Waals surface area contributed by atoms with Crippen LogP contribution >= 0.6 is 0 Å². The number of sulfonamides is 1. The summed E-state index contributed by atoms with van der Waals surface area (Å²) in [6.45, 7) is 9.50. The van der Waals surface area contributed by atoms with E-state index in [4.69, 9.17) is 4.74 Å². The summed E-state index contributed by atoms with van der Waals surface area (Å²) in [6, 6.07) is 10.2. The summed E-state index contributed by atoms with van der Waals surface area (Å²) in [5.41, 5.74) is 2.92. The molecule has 0 spiro atoms. The largest absolute Gasteiger partial charge is 0.495 e. The lowest BCUT2D eigenvalue weighted by Gasteiger charge is -2.21. The highest BCUT2D eigenvalue weighted by Crippen LogP contribution is 2.35. The first-order valence-electron chi connectivity index (χ1n) is 9.18. The van der Waals surface area contributed by atoms with Gasteiger partial charge in [0.1, 0.15) is 5.75 Å². The second-order valence-corrected chi connectivity index (χ2v) is 8.95. The number of benzene rings is 2. The fraction of sp³-hybridized carbons (Fsp3) is 0.381. The molecule has 2 aromatic rings. The van der Waals surface area contributed by atoms with Gasteiger partial charge in [-0.05, 0) is 35.1 Å². The summed E-state index contributed by atoms with van der Waals surface area (Å²) in [5.74, 6) is 0.333. The minimum Gasteiger partial charge on any atom is -0.495 e. The van der Waals surface area contributed by atoms with E-state index in [9.17, 15) is 13.2 Å². The normalized spacial score (nSPS) is 11.6. The van der Waals surface area contributed by atoms with Gasteiger partial charge in [-0.1, -0.05) is 45.9 Å². The number of nitrogens with one attached hydrogen (secondary N) is 2. The van der Waals surface area contributed by atoms with Crippen molar-refractivity contribution in [3.8, 4) is 5.75 Å². The molecular weight excluding hydrogens is 376 g/mol. The zero-order valence-corrected chi connectivity index (χ0v) is 18.0. The van der Waals surface area contributed by atoms with E-state index in [1.54, 1.807) is 0 Å². The summed E-state index contributed by atoms with van der Waals surface area (Å²) >= 11 is 0. The quantitative estimate of drug-likeness (QED) is 0.700. The van der Waals surface area contributed by atoms with Crippen molar-refractivity contribution < 1.29 is 17.9 Å². The van der Waals surface area contributed by atoms with E-state index in [-0.39, 0.29) is 28.4 Å². The Morgan fingerprint density at radius 3 is 2.04 bits per heavy atom. The van der Waals surface area contributed by atoms with Crippen LogP contribution in [0.5, 0.6) is 5.75 Å². The minimum absolute atomic E-state index is 0.0618. The number of carbonyl (C=O) groups excluding carboxylic acids is 1. The van der Waals surface area contributed by atoms with Crippen molar-refractivity contribution in [3.05, 3.63) is 47.5 Å². The molecule has 2 rings (SSSR count). The molecule has 0 bridgehead atoms. The Balaban J connectivity index is 2.51. The molecule has 28 heavy (non-hydrogen) atoms. The van der Waals surface area contributed by atoms with Crippen molar-refractivity contribution in [2.75, 3.05) is 17.1 Å². The third kappa shape index (κ3) is 4.84. The molecule has 0 saturated carbocycles. The molecule has 0 aliphatic heterocycles. The van der Waals surface area contributed by atoms with E-state index in [1.165, 1.54) is 32.2 Å². The van der Waals surface area contributed by atoms with Gasteiger partial charge >= 0.3 is 0 Å². The van der Waals surface area contributed by atoms with Crippen molar-refractivity contribution in [1.82, 2.24) is 0 Å². The Kier molecular flexibility index (Phi) is 6.72. The lowest BCUT2D eigenvalue weighted by atomic mass is 9.93. The van der Waals surface area contributed by atoms with Gasteiger partial charge in [-0.3, -0.25) is 9.52 Å². The molecule has 0 atom stereocenters. The first-order chi connectivity index (χ1) is 13.1. The maximum absolute atomic E-state index is 13.1. The highest BCUT2D eigenvalue weighted by atomic mass is 32.2. The number of hydrogen-bond acceptors (Lipinski definition) is 4. The van der Waals surface area contributed by atoms with Crippen LogP contribution in [-0.4, -0.2) is 21.4 Å². The topological polar surface area (TPSA) is 84.5 Å². The van der Waals surface area contributed by atoms with Crippen molar-refractivity contribution in [2.24, 2.45) is 0 Å². The van der Waals surface area contributed by atoms with E-state index in [0.29, 0.717) is 11.4 Å². The number of carbonyl (C=O) groups is 1. The van der Waals surface area contributed by atoms with Crippen molar-refractivity contribution in [2.45, 2.75) is 51.3 Å². The van der Waals surface area contributed by atoms with E-state index in [2.05, 4.69) is 10.0 Å². The van der Waals surface area contributed by atoms with E-state index in [0.717, 1.165) is 11.1 Å². The number of anilines is 2. The van der Waals surface area contributed by atoms with Crippen LogP contribution in [0.4, 0.5) is 11.4 Å². The molecule has 0 saturated heterocycles. The van der Waals surface area contributed by atoms with Gasteiger partial charge in [0, 0.05) is 13.0 Å². The average Bonchev–Trinajstić information content (AvgIpc) is 2.60. The standard InChI is InChI=1S/C21H28N2O4S/c1-13(2)17-8-7-9-18(14(3)4)21(17)23-28(25,26)16-10-11-19(22-15(5)24)20(12-16)27-6/h7-14,23H,1-6H3,(H,22,24). The second kappa shape index (κ2) is 8.65. The van der Waals surface area contributed by atoms with Crippen LogP contribution in [0, 0.1) is 0 Å². The van der Waals surface area contributed by atoms with Crippen molar-refractivity contribution >= 4 is 27.3 Å². The van der Waals surface area contributed by atoms with Crippen LogP contribution in [0.15, 0.2) is 41.3 Å². The van der Waals surface area contributed by atoms with Crippen LogP contribution < -0.4 is 14.8 Å². The number of rotatable bonds is 7. The van der Waals surface area contributed by atoms with Gasteiger partial charge < -0.3 is 10.1 Å². The summed E-state index contributed by atoms with van der Waals surface area (Å²) in [7, 11) is -2.42. The smallest absolute Gasteiger partial charge is 0.262 e. The molecule has 0 radical (unpaired) electrons. The molecule has 7 heteroatoms. The molecule has 0 aliphatic carbocycles. The van der Waals surface area contributed by atoms with E-state index >= 15 is 0 Å². The first kappa shape index (κ1) is 21.8. The van der Waals surface area contributed by atoms with E-state index in [1.807, 2.05) is 45.9 Å². The maximum atomic E-state index is 13.1. The lowest BCUT2D eigenvalue weighted by molar-refractivity contribution is -0.114. The van der Waals surface area contributed by atoms with Crippen molar-refractivity contribution in [3.63, 3.8) is 0 Å². The van der Waals surface area contributed by atoms with Gasteiger partial charge in [0.15, 0.2) is 0 Å². The van der Waals surface area contributed by atoms with Gasteiger partial charge in [-0.15, -0.1) is 0 Å². The summed E-state index contributed by atoms with van der Waals surface area (Å²) < 4.78 is 34.2. The molecule has 0 fully saturated rings. The first-order valence-corrected chi connectivity index (χ1v) is 10.7. The molecule has 1 amide bonds. The van der Waals surface area contributed by atoms with Crippen LogP contribution in [0.1, 0.15) is 57.6 Å². The third-order valence-corrected chi connectivity index (χ3v) is 5.75. The van der Waals surface area contributed by atoms with Gasteiger partial charge in [0.05, 0.1) is 23.4 Å². The predicted octanol–water partition coefficient (Wildman–Crippen LogP) is 4.70. The summed E-state index contributed by atoms with van der Waals surface area (Å²) in [6.07, 6.45) is 0. The zero-order valence-electron chi connectivity index (χ0n) is 17.2. The number of hydrogen-bond donors (Lipinski definition) is 2. The highest BCUT2D eigenvalue weighted by molar-refractivity contribution is 7.92. The molecular formula is C21H28N2O4S. The van der Waals surface area contributed by atoms with Gasteiger partial charge in [0.2, 0.25) is 5.91 Å². The van der Waals surface area contributed by atoms with Gasteiger partial charge in [-0.2, -0.15) is 0 Å². The molecule has 0 heterocycles. The van der Waals surface area contributed by atoms with Gasteiger partial charge in [0.25, 0.3) is 10.0 Å². The SMILES string of the molecule is COc1cc(S(=O)(=O)Nc2c(C(C)C)cccc2C(C)C)ccc1NC(C)=O. The minimum atomic E-state index is -3.85. The number of amides is 1. The monoisotopic (exact) mass is 404 g/mol. The predicted molar refractivity (Wildman–Crippen MR) is 113 cm³/mol. The Bertz CT molecular complexity index is 940. The Hall–Kier alpha value is -2.54. The zero-order chi connectivity index (χ0) is 21.1. The molecule has 2 N–H and O–H groups in total. The average molecular weight is 405 g/mol. The molecule has 6 nitrogen and oxygen atoms in total. The maximum Gasteiger partial charge on any atom is 0.262 e. The second-order valence-electron chi connectivity index (χ2n) is 7.27. The number of ether oxygens (including phenoxy) is 1. The third-order valence-electron chi connectivity index (χ3n) is 4.40. The molecule has 152 valence electrons. The molecule has 0 aromatic heterocycles. The summed E-state index contributed by atoms with van der Waals surface area (Å²) in [5, 5.41) is 2.62. The fourth-order valence-electron chi connectivity index (χ4n) is 2.99. The van der Waals surface area contributed by atoms with Crippen molar-refractivity contribution in [1.29, 1.82) is 0 Å². The molecule has 0 aliphatic rings. The van der Waals surface area contributed by atoms with Crippen LogP contribution in [0.25, 0.3) is 0 Å². The van der Waals surface area contributed by atoms with E-state index < -0.39 is 10.0 Å². The van der Waals surface area contributed by atoms with Crippen LogP contribution in [-0.2, 0) is 14.8 Å². The summed E-state index contributed by atoms with van der Waals surface area (Å²) in [4.78, 5) is 11.4. The molecule has 0 unspecified atom stereocenters. The Morgan fingerprint density at radius 2 is 1.57 bits per heavy atom. The number of para-hydroxylation sites is 1. The molecule has 2 aromatic carbocycles. The highest BCUT2D eigenvalue weighted by Gasteiger charge is 2.22. The van der Waals surface area contributed by atoms with Crippen LogP contribution in [0.2, 0.25) is 0 Å². The van der Waals surface area contributed by atoms with Crippen LogP contribution in [0.3, 0.4) is 0 Å². The Morgan fingerprint density at radius 1 is 1.00 bits per heavy atom. The number of methoxy groups -OCH3 is 1.